The Morgan fingerprint density at radius 1 is 1.30 bits per heavy atom. The van der Waals surface area contributed by atoms with E-state index in [1.165, 1.54) is 6.42 Å². The van der Waals surface area contributed by atoms with Gasteiger partial charge in [0.2, 0.25) is 0 Å². The van der Waals surface area contributed by atoms with Gasteiger partial charge in [-0.15, -0.1) is 0 Å². The molecule has 1 atom stereocenters. The molecule has 3 rings (SSSR count). The fourth-order valence-corrected chi connectivity index (χ4v) is 3.36. The Kier molecular flexibility index (Phi) is 5.82. The predicted octanol–water partition coefficient (Wildman–Crippen LogP) is 2.19. The van der Waals surface area contributed by atoms with Crippen molar-refractivity contribution in [3.05, 3.63) is 24.5 Å². The van der Waals surface area contributed by atoms with E-state index in [4.69, 9.17) is 4.74 Å². The zero-order chi connectivity index (χ0) is 15.9. The number of ether oxygens (including phenoxy) is 1. The number of anilines is 1. The number of aromatic nitrogens is 1. The second-order valence-corrected chi connectivity index (χ2v) is 6.26. The van der Waals surface area contributed by atoms with Gasteiger partial charge < -0.3 is 15.0 Å². The fraction of sp³-hybridized carbons (Fsp3) is 0.647. The van der Waals surface area contributed by atoms with Gasteiger partial charge in [-0.05, 0) is 37.8 Å². The van der Waals surface area contributed by atoms with Crippen LogP contribution in [0.2, 0.25) is 0 Å². The Bertz CT molecular complexity index is 491. The van der Waals surface area contributed by atoms with Gasteiger partial charge in [-0.2, -0.15) is 0 Å². The van der Waals surface area contributed by atoms with Crippen molar-refractivity contribution in [2.75, 3.05) is 44.7 Å². The third-order valence-electron chi connectivity index (χ3n) is 4.68. The molecule has 3 heterocycles. The second-order valence-electron chi connectivity index (χ2n) is 6.26. The van der Waals surface area contributed by atoms with Crippen LogP contribution in [0.4, 0.5) is 10.5 Å². The van der Waals surface area contributed by atoms with Crippen molar-refractivity contribution in [2.24, 2.45) is 0 Å². The Morgan fingerprint density at radius 2 is 2.17 bits per heavy atom. The van der Waals surface area contributed by atoms with Crippen molar-refractivity contribution in [1.82, 2.24) is 14.8 Å². The van der Waals surface area contributed by atoms with Gasteiger partial charge >= 0.3 is 6.03 Å². The highest BCUT2D eigenvalue weighted by molar-refractivity contribution is 5.89. The van der Waals surface area contributed by atoms with Crippen molar-refractivity contribution in [2.45, 2.75) is 31.7 Å². The van der Waals surface area contributed by atoms with Crippen LogP contribution in [0.5, 0.6) is 0 Å². The first-order chi connectivity index (χ1) is 11.3. The molecule has 6 heteroatoms. The Labute approximate surface area is 137 Å². The maximum absolute atomic E-state index is 12.6. The number of hydrogen-bond acceptors (Lipinski definition) is 4. The summed E-state index contributed by atoms with van der Waals surface area (Å²) in [4.78, 5) is 21.1. The largest absolute Gasteiger partial charge is 0.379 e. The van der Waals surface area contributed by atoms with Gasteiger partial charge in [0.05, 0.1) is 25.1 Å². The Morgan fingerprint density at radius 3 is 2.96 bits per heavy atom. The number of rotatable bonds is 4. The first-order valence-electron chi connectivity index (χ1n) is 8.61. The highest BCUT2D eigenvalue weighted by atomic mass is 16.5. The minimum absolute atomic E-state index is 0.00433. The molecule has 2 fully saturated rings. The average Bonchev–Trinajstić information content (AvgIpc) is 2.62. The van der Waals surface area contributed by atoms with Crippen molar-refractivity contribution in [3.8, 4) is 0 Å². The van der Waals surface area contributed by atoms with E-state index in [2.05, 4.69) is 15.2 Å². The summed E-state index contributed by atoms with van der Waals surface area (Å²) in [6, 6.07) is 4.05. The van der Waals surface area contributed by atoms with Crippen LogP contribution in [0.25, 0.3) is 0 Å². The zero-order valence-electron chi connectivity index (χ0n) is 13.6. The quantitative estimate of drug-likeness (QED) is 0.924. The van der Waals surface area contributed by atoms with Crippen LogP contribution >= 0.6 is 0 Å². The predicted molar refractivity (Wildman–Crippen MR) is 89.5 cm³/mol. The number of carbonyl (C=O) groups is 1. The molecule has 2 aliphatic rings. The standard InChI is InChI=1S/C17H26N4O2/c22-17(19-15-4-3-7-18-14-15)21-8-2-1-5-16(21)6-9-20-10-12-23-13-11-20/h3-4,7,14,16H,1-2,5-6,8-13H2,(H,19,22)/t16-/m1/s1. The minimum Gasteiger partial charge on any atom is -0.379 e. The topological polar surface area (TPSA) is 57.7 Å². The van der Waals surface area contributed by atoms with Crippen LogP contribution in [0.3, 0.4) is 0 Å². The lowest BCUT2D eigenvalue weighted by molar-refractivity contribution is 0.0329. The number of hydrogen-bond donors (Lipinski definition) is 1. The molecule has 0 saturated carbocycles. The molecule has 0 aromatic carbocycles. The summed E-state index contributed by atoms with van der Waals surface area (Å²) in [5, 5.41) is 2.97. The van der Waals surface area contributed by atoms with Crippen molar-refractivity contribution < 1.29 is 9.53 Å². The third-order valence-corrected chi connectivity index (χ3v) is 4.68. The van der Waals surface area contributed by atoms with E-state index >= 15 is 0 Å². The Balaban J connectivity index is 1.53. The van der Waals surface area contributed by atoms with Gasteiger partial charge in [0.1, 0.15) is 0 Å². The SMILES string of the molecule is O=C(Nc1cccnc1)N1CCCC[C@@H]1CCN1CCOCC1. The monoisotopic (exact) mass is 318 g/mol. The summed E-state index contributed by atoms with van der Waals surface area (Å²) in [5.41, 5.74) is 0.759. The van der Waals surface area contributed by atoms with Gasteiger partial charge in [0, 0.05) is 38.4 Å². The molecule has 0 radical (unpaired) electrons. The summed E-state index contributed by atoms with van der Waals surface area (Å²) in [6.45, 7) is 5.57. The third kappa shape index (κ3) is 4.65. The summed E-state index contributed by atoms with van der Waals surface area (Å²) < 4.78 is 5.40. The van der Waals surface area contributed by atoms with Gasteiger partial charge in [0.25, 0.3) is 0 Å². The normalized spacial score (nSPS) is 22.8. The van der Waals surface area contributed by atoms with Gasteiger partial charge in [-0.25, -0.2) is 4.79 Å². The van der Waals surface area contributed by atoms with Crippen LogP contribution in [-0.2, 0) is 4.74 Å². The number of morpholine rings is 1. The van der Waals surface area contributed by atoms with Gasteiger partial charge in [-0.1, -0.05) is 0 Å². The van der Waals surface area contributed by atoms with Crippen LogP contribution in [-0.4, -0.2) is 66.2 Å². The zero-order valence-corrected chi connectivity index (χ0v) is 13.6. The molecule has 126 valence electrons. The van der Waals surface area contributed by atoms with Gasteiger partial charge in [0.15, 0.2) is 0 Å². The van der Waals surface area contributed by atoms with E-state index in [-0.39, 0.29) is 6.03 Å². The lowest BCUT2D eigenvalue weighted by Gasteiger charge is -2.37. The number of piperidine rings is 1. The summed E-state index contributed by atoms with van der Waals surface area (Å²) in [7, 11) is 0. The molecular formula is C17H26N4O2. The number of pyridine rings is 1. The molecular weight excluding hydrogens is 292 g/mol. The number of likely N-dealkylation sites (tertiary alicyclic amines) is 1. The molecule has 0 unspecified atom stereocenters. The summed E-state index contributed by atoms with van der Waals surface area (Å²) in [6.07, 6.45) is 7.84. The number of amides is 2. The molecule has 0 aliphatic carbocycles. The van der Waals surface area contributed by atoms with E-state index in [1.807, 2.05) is 17.0 Å². The van der Waals surface area contributed by atoms with Crippen molar-refractivity contribution >= 4 is 11.7 Å². The molecule has 1 N–H and O–H groups in total. The molecule has 6 nitrogen and oxygen atoms in total. The minimum atomic E-state index is 0.00433. The highest BCUT2D eigenvalue weighted by Crippen LogP contribution is 2.21. The molecule has 23 heavy (non-hydrogen) atoms. The maximum Gasteiger partial charge on any atom is 0.322 e. The number of urea groups is 1. The van der Waals surface area contributed by atoms with E-state index in [1.54, 1.807) is 12.4 Å². The van der Waals surface area contributed by atoms with E-state index < -0.39 is 0 Å². The maximum atomic E-state index is 12.6. The molecule has 2 amide bonds. The number of carbonyl (C=O) groups excluding carboxylic acids is 1. The fourth-order valence-electron chi connectivity index (χ4n) is 3.36. The number of nitrogens with one attached hydrogen (secondary N) is 1. The lowest BCUT2D eigenvalue weighted by atomic mass is 9.99. The van der Waals surface area contributed by atoms with Crippen LogP contribution in [0.15, 0.2) is 24.5 Å². The summed E-state index contributed by atoms with van der Waals surface area (Å²) in [5.74, 6) is 0. The van der Waals surface area contributed by atoms with Crippen molar-refractivity contribution in [3.63, 3.8) is 0 Å². The van der Waals surface area contributed by atoms with E-state index in [0.29, 0.717) is 6.04 Å². The molecule has 2 saturated heterocycles. The first-order valence-corrected chi connectivity index (χ1v) is 8.61. The lowest BCUT2D eigenvalue weighted by Crippen LogP contribution is -2.48. The van der Waals surface area contributed by atoms with E-state index in [0.717, 1.165) is 64.3 Å². The average molecular weight is 318 g/mol. The smallest absolute Gasteiger partial charge is 0.322 e. The van der Waals surface area contributed by atoms with Crippen LogP contribution in [0.1, 0.15) is 25.7 Å². The molecule has 1 aromatic heterocycles. The molecule has 0 bridgehead atoms. The number of nitrogens with zero attached hydrogens (tertiary/aromatic N) is 3. The van der Waals surface area contributed by atoms with Crippen molar-refractivity contribution in [1.29, 1.82) is 0 Å². The Hall–Kier alpha value is -1.66. The molecule has 2 aliphatic heterocycles. The van der Waals surface area contributed by atoms with Crippen LogP contribution in [0, 0.1) is 0 Å². The van der Waals surface area contributed by atoms with Crippen LogP contribution < -0.4 is 5.32 Å². The second kappa shape index (κ2) is 8.26. The van der Waals surface area contributed by atoms with E-state index in [9.17, 15) is 4.79 Å². The molecule has 1 aromatic rings. The summed E-state index contributed by atoms with van der Waals surface area (Å²) >= 11 is 0. The molecule has 0 spiro atoms. The van der Waals surface area contributed by atoms with Gasteiger partial charge in [-0.3, -0.25) is 9.88 Å². The highest BCUT2D eigenvalue weighted by Gasteiger charge is 2.27. The first kappa shape index (κ1) is 16.2.